The summed E-state index contributed by atoms with van der Waals surface area (Å²) in [6.07, 6.45) is 12.8. The second-order valence-corrected chi connectivity index (χ2v) is 5.44. The quantitative estimate of drug-likeness (QED) is 0.623. The van der Waals surface area contributed by atoms with Crippen LogP contribution in [-0.2, 0) is 4.79 Å². The lowest BCUT2D eigenvalue weighted by Crippen LogP contribution is -2.20. The highest BCUT2D eigenvalue weighted by Gasteiger charge is 2.35. The van der Waals surface area contributed by atoms with Gasteiger partial charge in [-0.3, -0.25) is 4.79 Å². The van der Waals surface area contributed by atoms with Crippen molar-refractivity contribution in [1.29, 1.82) is 0 Å². The van der Waals surface area contributed by atoms with Crippen molar-refractivity contribution >= 4 is 5.97 Å². The summed E-state index contributed by atoms with van der Waals surface area (Å²) in [5.74, 6) is -0.601. The van der Waals surface area contributed by atoms with Crippen LogP contribution >= 0.6 is 0 Å². The summed E-state index contributed by atoms with van der Waals surface area (Å²) < 4.78 is 0. The van der Waals surface area contributed by atoms with Crippen LogP contribution in [0.15, 0.2) is 0 Å². The zero-order chi connectivity index (χ0) is 11.9. The SMILES string of the molecule is CCCCCCCC1(CC(=O)O)CCCC1. The minimum absolute atomic E-state index is 0.165. The first-order chi connectivity index (χ1) is 7.68. The Kier molecular flexibility index (Phi) is 5.86. The Morgan fingerprint density at radius 2 is 1.75 bits per heavy atom. The summed E-state index contributed by atoms with van der Waals surface area (Å²) in [7, 11) is 0. The maximum Gasteiger partial charge on any atom is 0.303 e. The van der Waals surface area contributed by atoms with E-state index in [-0.39, 0.29) is 5.41 Å². The molecule has 0 bridgehead atoms. The van der Waals surface area contributed by atoms with Crippen molar-refractivity contribution < 1.29 is 9.90 Å². The van der Waals surface area contributed by atoms with Crippen LogP contribution in [0.3, 0.4) is 0 Å². The van der Waals surface area contributed by atoms with Gasteiger partial charge in [0.15, 0.2) is 0 Å². The van der Waals surface area contributed by atoms with Crippen LogP contribution in [0.2, 0.25) is 0 Å². The summed E-state index contributed by atoms with van der Waals surface area (Å²) in [6.45, 7) is 2.23. The van der Waals surface area contributed by atoms with E-state index in [0.29, 0.717) is 6.42 Å². The van der Waals surface area contributed by atoms with Crippen LogP contribution < -0.4 is 0 Å². The molecule has 0 heterocycles. The average molecular weight is 226 g/mol. The smallest absolute Gasteiger partial charge is 0.303 e. The first-order valence-corrected chi connectivity index (χ1v) is 6.90. The zero-order valence-electron chi connectivity index (χ0n) is 10.6. The Hall–Kier alpha value is -0.530. The Morgan fingerprint density at radius 3 is 2.31 bits per heavy atom. The zero-order valence-corrected chi connectivity index (χ0v) is 10.6. The third kappa shape index (κ3) is 4.54. The molecule has 1 rings (SSSR count). The molecule has 0 amide bonds. The van der Waals surface area contributed by atoms with Gasteiger partial charge < -0.3 is 5.11 Å². The molecule has 0 radical (unpaired) electrons. The third-order valence-electron chi connectivity index (χ3n) is 4.00. The van der Waals surface area contributed by atoms with E-state index in [2.05, 4.69) is 6.92 Å². The van der Waals surface area contributed by atoms with E-state index >= 15 is 0 Å². The maximum atomic E-state index is 10.9. The van der Waals surface area contributed by atoms with Crippen molar-refractivity contribution in [3.8, 4) is 0 Å². The number of aliphatic carboxylic acids is 1. The molecule has 16 heavy (non-hydrogen) atoms. The highest BCUT2D eigenvalue weighted by molar-refractivity contribution is 5.67. The molecule has 94 valence electrons. The molecule has 0 spiro atoms. The van der Waals surface area contributed by atoms with E-state index in [4.69, 9.17) is 5.11 Å². The van der Waals surface area contributed by atoms with Gasteiger partial charge in [0.2, 0.25) is 0 Å². The van der Waals surface area contributed by atoms with E-state index in [1.165, 1.54) is 44.9 Å². The maximum absolute atomic E-state index is 10.9. The van der Waals surface area contributed by atoms with Gasteiger partial charge in [-0.25, -0.2) is 0 Å². The largest absolute Gasteiger partial charge is 0.481 e. The predicted octanol–water partition coefficient (Wildman–Crippen LogP) is 4.38. The molecule has 0 saturated heterocycles. The minimum atomic E-state index is -0.601. The molecule has 0 unspecified atom stereocenters. The molecule has 0 aliphatic heterocycles. The topological polar surface area (TPSA) is 37.3 Å². The van der Waals surface area contributed by atoms with Crippen molar-refractivity contribution in [2.45, 2.75) is 77.6 Å². The monoisotopic (exact) mass is 226 g/mol. The van der Waals surface area contributed by atoms with Crippen molar-refractivity contribution in [3.05, 3.63) is 0 Å². The molecule has 2 nitrogen and oxygen atoms in total. The van der Waals surface area contributed by atoms with E-state index in [0.717, 1.165) is 19.3 Å². The summed E-state index contributed by atoms with van der Waals surface area (Å²) in [4.78, 5) is 10.9. The number of carboxylic acids is 1. The number of unbranched alkanes of at least 4 members (excludes halogenated alkanes) is 4. The number of hydrogen-bond acceptors (Lipinski definition) is 1. The molecule has 1 aliphatic rings. The van der Waals surface area contributed by atoms with Crippen molar-refractivity contribution in [2.75, 3.05) is 0 Å². The van der Waals surface area contributed by atoms with Crippen molar-refractivity contribution in [3.63, 3.8) is 0 Å². The van der Waals surface area contributed by atoms with E-state index in [9.17, 15) is 4.79 Å². The Labute approximate surface area is 99.4 Å². The van der Waals surface area contributed by atoms with Gasteiger partial charge in [0.25, 0.3) is 0 Å². The lowest BCUT2D eigenvalue weighted by Gasteiger charge is -2.27. The average Bonchev–Trinajstić information content (AvgIpc) is 2.65. The molecule has 2 heteroatoms. The fourth-order valence-electron chi connectivity index (χ4n) is 3.06. The molecule has 0 aromatic carbocycles. The van der Waals surface area contributed by atoms with Crippen LogP contribution in [0.4, 0.5) is 0 Å². The highest BCUT2D eigenvalue weighted by Crippen LogP contribution is 2.45. The number of carbonyl (C=O) groups is 1. The third-order valence-corrected chi connectivity index (χ3v) is 4.00. The van der Waals surface area contributed by atoms with E-state index in [1.54, 1.807) is 0 Å². The van der Waals surface area contributed by atoms with Crippen LogP contribution in [-0.4, -0.2) is 11.1 Å². The first-order valence-electron chi connectivity index (χ1n) is 6.90. The Balaban J connectivity index is 2.25. The first kappa shape index (κ1) is 13.5. The van der Waals surface area contributed by atoms with Gasteiger partial charge in [-0.2, -0.15) is 0 Å². The number of hydrogen-bond donors (Lipinski definition) is 1. The molecule has 1 fully saturated rings. The summed E-state index contributed by atoms with van der Waals surface area (Å²) in [5.41, 5.74) is 0.165. The molecule has 0 aromatic rings. The summed E-state index contributed by atoms with van der Waals surface area (Å²) >= 11 is 0. The van der Waals surface area contributed by atoms with Gasteiger partial charge in [0, 0.05) is 0 Å². The summed E-state index contributed by atoms with van der Waals surface area (Å²) in [5, 5.41) is 8.98. The van der Waals surface area contributed by atoms with Crippen LogP contribution in [0.25, 0.3) is 0 Å². The highest BCUT2D eigenvalue weighted by atomic mass is 16.4. The lowest BCUT2D eigenvalue weighted by atomic mass is 9.78. The molecule has 1 saturated carbocycles. The van der Waals surface area contributed by atoms with Crippen LogP contribution in [0, 0.1) is 5.41 Å². The summed E-state index contributed by atoms with van der Waals surface area (Å²) in [6, 6.07) is 0. The standard InChI is InChI=1S/C14H26O2/c1-2-3-4-5-6-9-14(12-13(15)16)10-7-8-11-14/h2-12H2,1H3,(H,15,16). The molecular formula is C14H26O2. The minimum Gasteiger partial charge on any atom is -0.481 e. The Bertz CT molecular complexity index is 205. The normalized spacial score (nSPS) is 18.8. The van der Waals surface area contributed by atoms with E-state index < -0.39 is 5.97 Å². The van der Waals surface area contributed by atoms with Gasteiger partial charge in [-0.15, -0.1) is 0 Å². The fraction of sp³-hybridized carbons (Fsp3) is 0.929. The molecule has 1 N–H and O–H groups in total. The fourth-order valence-corrected chi connectivity index (χ4v) is 3.06. The van der Waals surface area contributed by atoms with Gasteiger partial charge in [0.1, 0.15) is 0 Å². The van der Waals surface area contributed by atoms with Crippen molar-refractivity contribution in [2.24, 2.45) is 5.41 Å². The predicted molar refractivity (Wildman–Crippen MR) is 66.5 cm³/mol. The lowest BCUT2D eigenvalue weighted by molar-refractivity contribution is -0.139. The Morgan fingerprint density at radius 1 is 1.12 bits per heavy atom. The van der Waals surface area contributed by atoms with Gasteiger partial charge in [-0.1, -0.05) is 51.9 Å². The molecule has 0 aromatic heterocycles. The number of carboxylic acid groups (broad SMARTS) is 1. The molecular weight excluding hydrogens is 200 g/mol. The number of rotatable bonds is 8. The van der Waals surface area contributed by atoms with Gasteiger partial charge in [-0.05, 0) is 24.7 Å². The second kappa shape index (κ2) is 6.93. The van der Waals surface area contributed by atoms with Crippen LogP contribution in [0.1, 0.15) is 77.6 Å². The van der Waals surface area contributed by atoms with Crippen molar-refractivity contribution in [1.82, 2.24) is 0 Å². The second-order valence-electron chi connectivity index (χ2n) is 5.44. The molecule has 1 aliphatic carbocycles. The van der Waals surface area contributed by atoms with Gasteiger partial charge >= 0.3 is 5.97 Å². The van der Waals surface area contributed by atoms with Gasteiger partial charge in [0.05, 0.1) is 6.42 Å². The van der Waals surface area contributed by atoms with E-state index in [1.807, 2.05) is 0 Å². The molecule has 0 atom stereocenters. The van der Waals surface area contributed by atoms with Crippen LogP contribution in [0.5, 0.6) is 0 Å².